The van der Waals surface area contributed by atoms with Crippen LogP contribution in [0.2, 0.25) is 0 Å². The Balaban J connectivity index is 4.64. The van der Waals surface area contributed by atoms with Gasteiger partial charge < -0.3 is 27.0 Å². The lowest BCUT2D eigenvalue weighted by Gasteiger charge is -2.27. The molecule has 0 aromatic heterocycles. The Kier molecular flexibility index (Phi) is 4.86. The van der Waals surface area contributed by atoms with Crippen molar-refractivity contribution in [3.63, 3.8) is 0 Å². The molecule has 0 bridgehead atoms. The van der Waals surface area contributed by atoms with Gasteiger partial charge in [0.05, 0.1) is 0 Å². The largest absolute Gasteiger partial charge is 0.380 e. The molecule has 0 aromatic rings. The maximum absolute atomic E-state index is 10.9. The van der Waals surface area contributed by atoms with Crippen molar-refractivity contribution in [3.05, 3.63) is 0 Å². The second-order valence-corrected chi connectivity index (χ2v) is 3.33. The van der Waals surface area contributed by atoms with Gasteiger partial charge in [-0.05, 0) is 0 Å². The second kappa shape index (κ2) is 5.42. The molecular weight excluding hydrogens is 218 g/mol. The lowest BCUT2D eigenvalue weighted by Crippen LogP contribution is -2.59. The summed E-state index contributed by atoms with van der Waals surface area (Å²) in [6.45, 7) is 1.10. The normalized spacial score (nSPS) is 15.9. The molecule has 8 nitrogen and oxygen atoms in total. The van der Waals surface area contributed by atoms with Crippen LogP contribution in [0.5, 0.6) is 0 Å². The predicted octanol–water partition coefficient (Wildman–Crippen LogP) is -3.42. The fourth-order valence-electron chi connectivity index (χ4n) is 1.06. The number of hydrogen-bond acceptors (Lipinski definition) is 5. The fourth-order valence-corrected chi connectivity index (χ4v) is 1.06. The molecule has 0 aliphatic heterocycles. The van der Waals surface area contributed by atoms with E-state index in [-0.39, 0.29) is 12.5 Å². The van der Waals surface area contributed by atoms with E-state index in [1.54, 1.807) is 0 Å². The molecule has 0 fully saturated rings. The third-order valence-corrected chi connectivity index (χ3v) is 2.03. The van der Waals surface area contributed by atoms with E-state index in [1.807, 2.05) is 0 Å². The first-order valence-electron chi connectivity index (χ1n) is 4.46. The van der Waals surface area contributed by atoms with Crippen LogP contribution in [0.3, 0.4) is 0 Å². The maximum Gasteiger partial charge on any atom is 0.252 e. The Morgan fingerprint density at radius 1 is 1.38 bits per heavy atom. The van der Waals surface area contributed by atoms with E-state index in [0.717, 1.165) is 0 Å². The van der Waals surface area contributed by atoms with Crippen LogP contribution in [0.15, 0.2) is 0 Å². The minimum atomic E-state index is -2.48. The highest BCUT2D eigenvalue weighted by atomic mass is 16.4. The van der Waals surface area contributed by atoms with Gasteiger partial charge >= 0.3 is 0 Å². The van der Waals surface area contributed by atoms with E-state index in [0.29, 0.717) is 0 Å². The van der Waals surface area contributed by atoms with Gasteiger partial charge in [-0.25, -0.2) is 0 Å². The van der Waals surface area contributed by atoms with E-state index in [1.165, 1.54) is 6.92 Å². The maximum atomic E-state index is 10.9. The summed E-state index contributed by atoms with van der Waals surface area (Å²) >= 11 is 0. The van der Waals surface area contributed by atoms with Crippen molar-refractivity contribution in [3.8, 4) is 0 Å². The SMILES string of the molecule is CC(=O)NCCC(O)(C(N)=O)C(O)C(N)=O. The molecule has 0 spiro atoms. The number of amides is 3. The number of carbonyl (C=O) groups is 3. The monoisotopic (exact) mass is 233 g/mol. The number of aliphatic hydroxyl groups is 2. The van der Waals surface area contributed by atoms with Crippen LogP contribution in [-0.4, -0.2) is 46.2 Å². The van der Waals surface area contributed by atoms with Crippen molar-refractivity contribution in [2.45, 2.75) is 25.0 Å². The van der Waals surface area contributed by atoms with E-state index in [9.17, 15) is 24.6 Å². The quantitative estimate of drug-likeness (QED) is 0.323. The molecule has 2 unspecified atom stereocenters. The average Bonchev–Trinajstić information content (AvgIpc) is 2.15. The van der Waals surface area contributed by atoms with E-state index in [2.05, 4.69) is 5.32 Å². The van der Waals surface area contributed by atoms with Crippen molar-refractivity contribution < 1.29 is 24.6 Å². The fraction of sp³-hybridized carbons (Fsp3) is 0.625. The predicted molar refractivity (Wildman–Crippen MR) is 52.6 cm³/mol. The Hall–Kier alpha value is -1.67. The van der Waals surface area contributed by atoms with Crippen LogP contribution in [0.1, 0.15) is 13.3 Å². The molecule has 3 amide bonds. The number of nitrogens with one attached hydrogen (secondary N) is 1. The summed E-state index contributed by atoms with van der Waals surface area (Å²) in [7, 11) is 0. The van der Waals surface area contributed by atoms with Gasteiger partial charge in [-0.1, -0.05) is 0 Å². The number of nitrogens with two attached hydrogens (primary N) is 2. The van der Waals surface area contributed by atoms with Crippen molar-refractivity contribution >= 4 is 17.7 Å². The molecule has 0 aliphatic rings. The number of hydrogen-bond donors (Lipinski definition) is 5. The molecule has 92 valence electrons. The van der Waals surface area contributed by atoms with Gasteiger partial charge in [0.25, 0.3) is 5.91 Å². The molecular formula is C8H15N3O5. The number of primary amides is 2. The molecule has 16 heavy (non-hydrogen) atoms. The highest BCUT2D eigenvalue weighted by Gasteiger charge is 2.44. The summed E-state index contributed by atoms with van der Waals surface area (Å²) in [5.41, 5.74) is 7.13. The summed E-state index contributed by atoms with van der Waals surface area (Å²) in [6.07, 6.45) is -2.52. The number of aliphatic hydroxyl groups excluding tert-OH is 1. The van der Waals surface area contributed by atoms with Crippen molar-refractivity contribution in [2.24, 2.45) is 11.5 Å². The van der Waals surface area contributed by atoms with E-state index >= 15 is 0 Å². The topological polar surface area (TPSA) is 156 Å². The van der Waals surface area contributed by atoms with Crippen LogP contribution in [0, 0.1) is 0 Å². The van der Waals surface area contributed by atoms with E-state index < -0.39 is 29.9 Å². The van der Waals surface area contributed by atoms with Gasteiger partial charge in [0.15, 0.2) is 11.7 Å². The molecule has 0 aromatic carbocycles. The molecule has 0 radical (unpaired) electrons. The summed E-state index contributed by atoms with van der Waals surface area (Å²) < 4.78 is 0. The van der Waals surface area contributed by atoms with Gasteiger partial charge in [-0.3, -0.25) is 14.4 Å². The minimum absolute atomic E-state index is 0.126. The Bertz CT molecular complexity index is 306. The van der Waals surface area contributed by atoms with Crippen LogP contribution in [-0.2, 0) is 14.4 Å². The summed E-state index contributed by atoms with van der Waals surface area (Å²) in [5, 5.41) is 21.2. The zero-order valence-electron chi connectivity index (χ0n) is 8.77. The number of carbonyl (C=O) groups excluding carboxylic acids is 3. The van der Waals surface area contributed by atoms with Gasteiger partial charge in [0.1, 0.15) is 0 Å². The molecule has 7 N–H and O–H groups in total. The van der Waals surface area contributed by atoms with Gasteiger partial charge in [-0.15, -0.1) is 0 Å². The third-order valence-electron chi connectivity index (χ3n) is 2.03. The summed E-state index contributed by atoms with van der Waals surface area (Å²) in [5.74, 6) is -2.95. The van der Waals surface area contributed by atoms with Crippen LogP contribution in [0.4, 0.5) is 0 Å². The standard InChI is InChI=1S/C8H15N3O5/c1-4(12)11-3-2-8(16,7(10)15)5(13)6(9)14/h5,13,16H,2-3H2,1H3,(H2,9,14)(H2,10,15)(H,11,12). The molecule has 0 aliphatic carbocycles. The third kappa shape index (κ3) is 3.48. The zero-order chi connectivity index (χ0) is 12.9. The molecule has 0 rings (SSSR count). The van der Waals surface area contributed by atoms with Crippen LogP contribution in [0.25, 0.3) is 0 Å². The van der Waals surface area contributed by atoms with Gasteiger partial charge in [-0.2, -0.15) is 0 Å². The zero-order valence-corrected chi connectivity index (χ0v) is 8.77. The first-order chi connectivity index (χ1) is 7.21. The van der Waals surface area contributed by atoms with Gasteiger partial charge in [0.2, 0.25) is 11.8 Å². The molecule has 2 atom stereocenters. The molecule has 0 saturated carbocycles. The average molecular weight is 233 g/mol. The van der Waals surface area contributed by atoms with Crippen LogP contribution >= 0.6 is 0 Å². The van der Waals surface area contributed by atoms with Gasteiger partial charge in [0, 0.05) is 19.9 Å². The highest BCUT2D eigenvalue weighted by Crippen LogP contribution is 2.14. The Morgan fingerprint density at radius 3 is 2.19 bits per heavy atom. The minimum Gasteiger partial charge on any atom is -0.380 e. The molecule has 8 heteroatoms. The second-order valence-electron chi connectivity index (χ2n) is 3.33. The summed E-state index contributed by atoms with van der Waals surface area (Å²) in [4.78, 5) is 32.1. The molecule has 0 saturated heterocycles. The van der Waals surface area contributed by atoms with E-state index in [4.69, 9.17) is 11.5 Å². The highest BCUT2D eigenvalue weighted by molar-refractivity contribution is 5.92. The summed E-state index contributed by atoms with van der Waals surface area (Å²) in [6, 6.07) is 0. The van der Waals surface area contributed by atoms with Crippen molar-refractivity contribution in [1.82, 2.24) is 5.32 Å². The smallest absolute Gasteiger partial charge is 0.252 e. The van der Waals surface area contributed by atoms with Crippen LogP contribution < -0.4 is 16.8 Å². The number of rotatable bonds is 6. The lowest BCUT2D eigenvalue weighted by atomic mass is 9.91. The first kappa shape index (κ1) is 14.3. The lowest BCUT2D eigenvalue weighted by molar-refractivity contribution is -0.159. The Labute approximate surface area is 91.6 Å². The van der Waals surface area contributed by atoms with Crippen molar-refractivity contribution in [2.75, 3.05) is 6.54 Å². The van der Waals surface area contributed by atoms with Crippen molar-refractivity contribution in [1.29, 1.82) is 0 Å². The molecule has 0 heterocycles. The Morgan fingerprint density at radius 2 is 1.88 bits per heavy atom. The first-order valence-corrected chi connectivity index (χ1v) is 4.46.